The minimum absolute atomic E-state index is 0.0800. The third kappa shape index (κ3) is 3.37. The van der Waals surface area contributed by atoms with Gasteiger partial charge in [0.2, 0.25) is 0 Å². The number of fused-ring (bicyclic) bond motifs is 2. The number of hydrogen-bond donors (Lipinski definition) is 2. The maximum absolute atomic E-state index is 12.8. The molecule has 9 heteroatoms. The topological polar surface area (TPSA) is 115 Å². The molecular weight excluding hydrogens is 404 g/mol. The molecular formula is C23H26N8O. The first-order chi connectivity index (χ1) is 15.5. The maximum Gasteiger partial charge on any atom is 0.273 e. The minimum atomic E-state index is -0.234. The molecule has 1 saturated heterocycles. The summed E-state index contributed by atoms with van der Waals surface area (Å²) in [6.45, 7) is 4.82. The molecule has 32 heavy (non-hydrogen) atoms. The summed E-state index contributed by atoms with van der Waals surface area (Å²) in [5.74, 6) is 3.13. The largest absolute Gasteiger partial charge is 0.383 e. The van der Waals surface area contributed by atoms with Crippen molar-refractivity contribution in [2.24, 2.45) is 11.8 Å². The van der Waals surface area contributed by atoms with Gasteiger partial charge in [0.15, 0.2) is 5.69 Å². The van der Waals surface area contributed by atoms with E-state index >= 15 is 0 Å². The Hall–Kier alpha value is -3.49. The van der Waals surface area contributed by atoms with E-state index in [0.29, 0.717) is 18.1 Å². The molecule has 3 N–H and O–H groups in total. The van der Waals surface area contributed by atoms with Gasteiger partial charge in [0, 0.05) is 25.0 Å². The summed E-state index contributed by atoms with van der Waals surface area (Å²) in [7, 11) is 0. The van der Waals surface area contributed by atoms with E-state index < -0.39 is 0 Å². The van der Waals surface area contributed by atoms with E-state index in [0.717, 1.165) is 66.0 Å². The van der Waals surface area contributed by atoms with E-state index in [4.69, 9.17) is 10.7 Å². The summed E-state index contributed by atoms with van der Waals surface area (Å²) in [5, 5.41) is 11.3. The summed E-state index contributed by atoms with van der Waals surface area (Å²) in [6, 6.07) is 6.04. The molecule has 6 rings (SSSR count). The molecule has 3 aromatic rings. The van der Waals surface area contributed by atoms with Crippen molar-refractivity contribution in [2.45, 2.75) is 38.8 Å². The summed E-state index contributed by atoms with van der Waals surface area (Å²) in [6.07, 6.45) is 6.37. The van der Waals surface area contributed by atoms with Crippen LogP contribution < -0.4 is 16.0 Å². The van der Waals surface area contributed by atoms with Crippen LogP contribution in [-0.2, 0) is 13.0 Å². The number of anilines is 2. The standard InChI is InChI=1S/C23H26N8O/c1-13-14(2-5-21(26-13)30-9-15-8-16(15)10-30)11-31-12-20(28-29-31)23(32)27-19-4-3-18-17(19)6-7-25-22(18)24/h2,5-7,12,15-16,19H,3-4,8-11H2,1H3,(H2,24,25)(H,27,32). The van der Waals surface area contributed by atoms with E-state index in [1.54, 1.807) is 17.1 Å². The van der Waals surface area contributed by atoms with Crippen molar-refractivity contribution in [3.63, 3.8) is 0 Å². The molecule has 0 radical (unpaired) electrons. The van der Waals surface area contributed by atoms with Gasteiger partial charge in [-0.25, -0.2) is 14.6 Å². The van der Waals surface area contributed by atoms with Gasteiger partial charge in [0.25, 0.3) is 5.91 Å². The second kappa shape index (κ2) is 7.29. The summed E-state index contributed by atoms with van der Waals surface area (Å²) >= 11 is 0. The first-order valence-electron chi connectivity index (χ1n) is 11.2. The van der Waals surface area contributed by atoms with Gasteiger partial charge in [-0.05, 0) is 66.8 Å². The normalized spacial score (nSPS) is 23.2. The number of piperidine rings is 1. The first-order valence-corrected chi connectivity index (χ1v) is 11.2. The van der Waals surface area contributed by atoms with Gasteiger partial charge in [-0.1, -0.05) is 11.3 Å². The predicted molar refractivity (Wildman–Crippen MR) is 119 cm³/mol. The van der Waals surface area contributed by atoms with E-state index in [-0.39, 0.29) is 11.9 Å². The highest BCUT2D eigenvalue weighted by Gasteiger charge is 2.45. The van der Waals surface area contributed by atoms with Crippen LogP contribution in [0.2, 0.25) is 0 Å². The van der Waals surface area contributed by atoms with Crippen molar-refractivity contribution in [1.82, 2.24) is 30.3 Å². The molecule has 1 saturated carbocycles. The number of hydrogen-bond acceptors (Lipinski definition) is 7. The quantitative estimate of drug-likeness (QED) is 0.635. The van der Waals surface area contributed by atoms with Crippen LogP contribution in [0.25, 0.3) is 0 Å². The lowest BCUT2D eigenvalue weighted by Crippen LogP contribution is -2.27. The predicted octanol–water partition coefficient (Wildman–Crippen LogP) is 1.88. The van der Waals surface area contributed by atoms with Crippen LogP contribution in [0, 0.1) is 18.8 Å². The van der Waals surface area contributed by atoms with Crippen molar-refractivity contribution >= 4 is 17.5 Å². The van der Waals surface area contributed by atoms with Gasteiger partial charge < -0.3 is 16.0 Å². The Morgan fingerprint density at radius 2 is 2.09 bits per heavy atom. The lowest BCUT2D eigenvalue weighted by molar-refractivity contribution is 0.0931. The average Bonchev–Trinajstić information content (AvgIpc) is 3.17. The second-order valence-corrected chi connectivity index (χ2v) is 9.20. The van der Waals surface area contributed by atoms with E-state index in [1.165, 1.54) is 6.42 Å². The fourth-order valence-corrected chi connectivity index (χ4v) is 5.11. The van der Waals surface area contributed by atoms with Gasteiger partial charge in [0.05, 0.1) is 18.8 Å². The van der Waals surface area contributed by atoms with Crippen molar-refractivity contribution < 1.29 is 4.79 Å². The van der Waals surface area contributed by atoms with Gasteiger partial charge in [-0.2, -0.15) is 0 Å². The number of nitrogen functional groups attached to an aromatic ring is 1. The Kier molecular flexibility index (Phi) is 4.38. The molecule has 1 aliphatic heterocycles. The Balaban J connectivity index is 1.12. The zero-order valence-corrected chi connectivity index (χ0v) is 18.0. The van der Waals surface area contributed by atoms with Gasteiger partial charge >= 0.3 is 0 Å². The number of aromatic nitrogens is 5. The monoisotopic (exact) mass is 430 g/mol. The number of amides is 1. The molecule has 0 bridgehead atoms. The lowest BCUT2D eigenvalue weighted by atomic mass is 10.1. The van der Waals surface area contributed by atoms with Crippen molar-refractivity contribution in [3.05, 3.63) is 58.7 Å². The highest BCUT2D eigenvalue weighted by molar-refractivity contribution is 5.92. The Morgan fingerprint density at radius 1 is 1.25 bits per heavy atom. The third-order valence-electron chi connectivity index (χ3n) is 7.08. The maximum atomic E-state index is 12.8. The second-order valence-electron chi connectivity index (χ2n) is 9.20. The van der Waals surface area contributed by atoms with Crippen LogP contribution in [0.5, 0.6) is 0 Å². The number of nitrogens with zero attached hydrogens (tertiary/aromatic N) is 6. The highest BCUT2D eigenvalue weighted by atomic mass is 16.2. The SMILES string of the molecule is Cc1nc(N2CC3CC3C2)ccc1Cn1cc(C(=O)NC2CCc3c2ccnc3N)nn1. The molecule has 3 aromatic heterocycles. The number of rotatable bonds is 5. The molecule has 3 aliphatic rings. The van der Waals surface area contributed by atoms with Crippen LogP contribution in [0.1, 0.15) is 51.8 Å². The van der Waals surface area contributed by atoms with E-state index in [9.17, 15) is 4.79 Å². The number of carbonyl (C=O) groups excluding carboxylic acids is 1. The van der Waals surface area contributed by atoms with Crippen LogP contribution in [-0.4, -0.2) is 44.0 Å². The first kappa shape index (κ1) is 19.2. The molecule has 0 aromatic carbocycles. The van der Waals surface area contributed by atoms with Crippen LogP contribution >= 0.6 is 0 Å². The lowest BCUT2D eigenvalue weighted by Gasteiger charge is -2.20. The van der Waals surface area contributed by atoms with E-state index in [1.807, 2.05) is 13.0 Å². The third-order valence-corrected chi connectivity index (χ3v) is 7.08. The highest BCUT2D eigenvalue weighted by Crippen LogP contribution is 2.46. The van der Waals surface area contributed by atoms with Gasteiger partial charge in [0.1, 0.15) is 11.6 Å². The molecule has 9 nitrogen and oxygen atoms in total. The zero-order chi connectivity index (χ0) is 21.8. The Labute approximate surface area is 186 Å². The van der Waals surface area contributed by atoms with Gasteiger partial charge in [-0.15, -0.1) is 5.10 Å². The molecule has 3 atom stereocenters. The Morgan fingerprint density at radius 3 is 2.91 bits per heavy atom. The molecule has 3 unspecified atom stereocenters. The average molecular weight is 431 g/mol. The minimum Gasteiger partial charge on any atom is -0.383 e. The number of nitrogens with one attached hydrogen (secondary N) is 1. The fourth-order valence-electron chi connectivity index (χ4n) is 5.11. The zero-order valence-electron chi connectivity index (χ0n) is 18.0. The molecule has 164 valence electrons. The number of pyridine rings is 2. The number of carbonyl (C=O) groups is 1. The number of aryl methyl sites for hydroxylation is 1. The smallest absolute Gasteiger partial charge is 0.273 e. The molecule has 0 spiro atoms. The fraction of sp³-hybridized carbons (Fsp3) is 0.435. The van der Waals surface area contributed by atoms with Gasteiger partial charge in [-0.3, -0.25) is 4.79 Å². The summed E-state index contributed by atoms with van der Waals surface area (Å²) in [5.41, 5.74) is 10.4. The van der Waals surface area contributed by atoms with Crippen LogP contribution in [0.15, 0.2) is 30.6 Å². The molecule has 4 heterocycles. The van der Waals surface area contributed by atoms with Crippen molar-refractivity contribution in [3.8, 4) is 0 Å². The summed E-state index contributed by atoms with van der Waals surface area (Å²) < 4.78 is 1.69. The summed E-state index contributed by atoms with van der Waals surface area (Å²) in [4.78, 5) is 24.1. The number of nitrogens with two attached hydrogens (primary N) is 1. The Bertz CT molecular complexity index is 1190. The molecule has 2 aliphatic carbocycles. The van der Waals surface area contributed by atoms with E-state index in [2.05, 4.69) is 37.6 Å². The molecule has 1 amide bonds. The van der Waals surface area contributed by atoms with Crippen molar-refractivity contribution in [2.75, 3.05) is 23.7 Å². The van der Waals surface area contributed by atoms with Crippen LogP contribution in [0.4, 0.5) is 11.6 Å². The van der Waals surface area contributed by atoms with Crippen molar-refractivity contribution in [1.29, 1.82) is 0 Å². The van der Waals surface area contributed by atoms with Crippen LogP contribution in [0.3, 0.4) is 0 Å². The molecule has 2 fully saturated rings.